The standard InChI is InChI=1S/C13H16FN3/c1-9-11(8-10-4-3-7-15-10)16-13-6-2-5-12(14)17(9)13/h2,5-6,10,15H,3-4,7-8H2,1H3. The molecular formula is C13H16FN3. The summed E-state index contributed by atoms with van der Waals surface area (Å²) in [6, 6.07) is 5.53. The molecule has 1 aliphatic heterocycles. The van der Waals surface area contributed by atoms with Crippen molar-refractivity contribution in [1.82, 2.24) is 14.7 Å². The zero-order chi connectivity index (χ0) is 11.8. The summed E-state index contributed by atoms with van der Waals surface area (Å²) in [7, 11) is 0. The van der Waals surface area contributed by atoms with Crippen molar-refractivity contribution in [2.45, 2.75) is 32.2 Å². The Morgan fingerprint density at radius 3 is 3.12 bits per heavy atom. The third kappa shape index (κ3) is 1.82. The predicted molar refractivity (Wildman–Crippen MR) is 64.6 cm³/mol. The lowest BCUT2D eigenvalue weighted by molar-refractivity contribution is 0.561. The molecule has 0 saturated carbocycles. The lowest BCUT2D eigenvalue weighted by Gasteiger charge is -2.08. The summed E-state index contributed by atoms with van der Waals surface area (Å²) in [5.41, 5.74) is 2.64. The number of halogens is 1. The van der Waals surface area contributed by atoms with Crippen LogP contribution in [0.1, 0.15) is 24.2 Å². The van der Waals surface area contributed by atoms with Crippen LogP contribution in [-0.2, 0) is 6.42 Å². The number of aryl methyl sites for hydroxylation is 1. The van der Waals surface area contributed by atoms with Crippen molar-refractivity contribution < 1.29 is 4.39 Å². The fourth-order valence-electron chi connectivity index (χ4n) is 2.60. The zero-order valence-corrected chi connectivity index (χ0v) is 9.91. The van der Waals surface area contributed by atoms with E-state index >= 15 is 0 Å². The summed E-state index contributed by atoms with van der Waals surface area (Å²) < 4.78 is 15.3. The number of hydrogen-bond acceptors (Lipinski definition) is 2. The van der Waals surface area contributed by atoms with Crippen LogP contribution >= 0.6 is 0 Å². The maximum atomic E-state index is 13.7. The summed E-state index contributed by atoms with van der Waals surface area (Å²) in [6.45, 7) is 3.03. The summed E-state index contributed by atoms with van der Waals surface area (Å²) in [4.78, 5) is 4.52. The van der Waals surface area contributed by atoms with Crippen LogP contribution < -0.4 is 5.32 Å². The smallest absolute Gasteiger partial charge is 0.199 e. The maximum absolute atomic E-state index is 13.7. The predicted octanol–water partition coefficient (Wildman–Crippen LogP) is 2.08. The SMILES string of the molecule is Cc1c(CC2CCCN2)nc2cccc(F)n12. The number of hydrogen-bond donors (Lipinski definition) is 1. The van der Waals surface area contributed by atoms with Crippen LogP contribution in [0.5, 0.6) is 0 Å². The first-order valence-electron chi connectivity index (χ1n) is 6.11. The van der Waals surface area contributed by atoms with Gasteiger partial charge in [0.2, 0.25) is 0 Å². The average Bonchev–Trinajstić information content (AvgIpc) is 2.90. The van der Waals surface area contributed by atoms with Crippen molar-refractivity contribution in [3.8, 4) is 0 Å². The number of nitrogens with zero attached hydrogens (tertiary/aromatic N) is 2. The minimum Gasteiger partial charge on any atom is -0.314 e. The fraction of sp³-hybridized carbons (Fsp3) is 0.462. The number of aromatic nitrogens is 2. The second kappa shape index (κ2) is 4.11. The Morgan fingerprint density at radius 1 is 1.53 bits per heavy atom. The van der Waals surface area contributed by atoms with E-state index in [2.05, 4.69) is 10.3 Å². The van der Waals surface area contributed by atoms with Crippen molar-refractivity contribution >= 4 is 5.65 Å². The van der Waals surface area contributed by atoms with E-state index in [0.717, 1.165) is 24.4 Å². The second-order valence-corrected chi connectivity index (χ2v) is 4.68. The van der Waals surface area contributed by atoms with Gasteiger partial charge in [0, 0.05) is 18.2 Å². The molecule has 2 aromatic heterocycles. The first-order chi connectivity index (χ1) is 8.25. The highest BCUT2D eigenvalue weighted by molar-refractivity contribution is 5.43. The van der Waals surface area contributed by atoms with Crippen molar-refractivity contribution in [3.05, 3.63) is 35.5 Å². The Labute approximate surface area is 99.7 Å². The van der Waals surface area contributed by atoms with Crippen molar-refractivity contribution in [2.24, 2.45) is 0 Å². The summed E-state index contributed by atoms with van der Waals surface area (Å²) in [5, 5.41) is 3.45. The zero-order valence-electron chi connectivity index (χ0n) is 9.91. The minimum absolute atomic E-state index is 0.238. The van der Waals surface area contributed by atoms with E-state index in [-0.39, 0.29) is 5.95 Å². The molecule has 0 spiro atoms. The van der Waals surface area contributed by atoms with Crippen LogP contribution in [0, 0.1) is 12.9 Å². The van der Waals surface area contributed by atoms with E-state index in [1.54, 1.807) is 10.5 Å². The van der Waals surface area contributed by atoms with Gasteiger partial charge in [-0.1, -0.05) is 6.07 Å². The van der Waals surface area contributed by atoms with Gasteiger partial charge in [-0.15, -0.1) is 0 Å². The number of nitrogens with one attached hydrogen (secondary N) is 1. The van der Waals surface area contributed by atoms with Gasteiger partial charge in [-0.05, 0) is 38.4 Å². The first-order valence-corrected chi connectivity index (χ1v) is 6.11. The maximum Gasteiger partial charge on any atom is 0.199 e. The monoisotopic (exact) mass is 233 g/mol. The van der Waals surface area contributed by atoms with Gasteiger partial charge in [0.25, 0.3) is 0 Å². The molecule has 1 atom stereocenters. The summed E-state index contributed by atoms with van der Waals surface area (Å²) in [6.07, 6.45) is 3.31. The summed E-state index contributed by atoms with van der Waals surface area (Å²) in [5.74, 6) is -0.238. The van der Waals surface area contributed by atoms with E-state index in [9.17, 15) is 4.39 Å². The van der Waals surface area contributed by atoms with Crippen LogP contribution in [0.2, 0.25) is 0 Å². The van der Waals surface area contributed by atoms with Crippen LogP contribution in [0.15, 0.2) is 18.2 Å². The van der Waals surface area contributed by atoms with Gasteiger partial charge >= 0.3 is 0 Å². The highest BCUT2D eigenvalue weighted by Crippen LogP contribution is 2.18. The van der Waals surface area contributed by atoms with Crippen LogP contribution in [-0.4, -0.2) is 22.0 Å². The third-order valence-corrected chi connectivity index (χ3v) is 3.53. The molecule has 1 saturated heterocycles. The second-order valence-electron chi connectivity index (χ2n) is 4.68. The molecule has 0 aromatic carbocycles. The lowest BCUT2D eigenvalue weighted by Crippen LogP contribution is -2.24. The molecule has 0 radical (unpaired) electrons. The van der Waals surface area contributed by atoms with Crippen LogP contribution in [0.25, 0.3) is 5.65 Å². The largest absolute Gasteiger partial charge is 0.314 e. The molecule has 0 aliphatic carbocycles. The van der Waals surface area contributed by atoms with Crippen LogP contribution in [0.4, 0.5) is 4.39 Å². The van der Waals surface area contributed by atoms with E-state index in [4.69, 9.17) is 0 Å². The molecule has 3 rings (SSSR count). The molecule has 0 bridgehead atoms. The number of rotatable bonds is 2. The molecule has 2 aromatic rings. The molecule has 3 heterocycles. The summed E-state index contributed by atoms with van der Waals surface area (Å²) >= 11 is 0. The molecule has 1 N–H and O–H groups in total. The molecule has 1 aliphatic rings. The topological polar surface area (TPSA) is 29.3 Å². The molecule has 4 heteroatoms. The number of imidazole rings is 1. The Kier molecular flexibility index (Phi) is 2.59. The molecule has 3 nitrogen and oxygen atoms in total. The van der Waals surface area contributed by atoms with Crippen molar-refractivity contribution in [3.63, 3.8) is 0 Å². The van der Waals surface area contributed by atoms with Gasteiger partial charge in [0.05, 0.1) is 5.69 Å². The van der Waals surface area contributed by atoms with Crippen LogP contribution in [0.3, 0.4) is 0 Å². The average molecular weight is 233 g/mol. The van der Waals surface area contributed by atoms with E-state index in [0.29, 0.717) is 11.7 Å². The van der Waals surface area contributed by atoms with Gasteiger partial charge in [0.15, 0.2) is 5.95 Å². The molecule has 0 amide bonds. The van der Waals surface area contributed by atoms with E-state index in [1.165, 1.54) is 18.9 Å². The lowest BCUT2D eigenvalue weighted by atomic mass is 10.1. The minimum atomic E-state index is -0.238. The van der Waals surface area contributed by atoms with Gasteiger partial charge in [0.1, 0.15) is 5.65 Å². The van der Waals surface area contributed by atoms with Crippen molar-refractivity contribution in [1.29, 1.82) is 0 Å². The fourth-order valence-corrected chi connectivity index (χ4v) is 2.60. The first kappa shape index (κ1) is 10.7. The highest BCUT2D eigenvalue weighted by Gasteiger charge is 2.18. The normalized spacial score (nSPS) is 20.2. The van der Waals surface area contributed by atoms with Gasteiger partial charge in [-0.25, -0.2) is 4.98 Å². The highest BCUT2D eigenvalue weighted by atomic mass is 19.1. The van der Waals surface area contributed by atoms with Crippen molar-refractivity contribution in [2.75, 3.05) is 6.54 Å². The Balaban J connectivity index is 1.99. The molecule has 90 valence electrons. The Bertz CT molecular complexity index is 541. The van der Waals surface area contributed by atoms with E-state index in [1.807, 2.05) is 13.0 Å². The Hall–Kier alpha value is -1.42. The van der Waals surface area contributed by atoms with E-state index < -0.39 is 0 Å². The third-order valence-electron chi connectivity index (χ3n) is 3.53. The van der Waals surface area contributed by atoms with Gasteiger partial charge in [-0.3, -0.25) is 4.40 Å². The van der Waals surface area contributed by atoms with Gasteiger partial charge < -0.3 is 5.32 Å². The molecule has 1 unspecified atom stereocenters. The number of fused-ring (bicyclic) bond motifs is 1. The number of pyridine rings is 1. The molecular weight excluding hydrogens is 217 g/mol. The molecule has 1 fully saturated rings. The Morgan fingerprint density at radius 2 is 2.41 bits per heavy atom. The van der Waals surface area contributed by atoms with Gasteiger partial charge in [-0.2, -0.15) is 4.39 Å². The molecule has 17 heavy (non-hydrogen) atoms. The quantitative estimate of drug-likeness (QED) is 0.805.